The van der Waals surface area contributed by atoms with Gasteiger partial charge in [-0.05, 0) is 24.0 Å². The molecule has 1 aliphatic rings. The van der Waals surface area contributed by atoms with E-state index in [9.17, 15) is 4.79 Å². The maximum absolute atomic E-state index is 11.1. The normalized spacial score (nSPS) is 16.3. The number of hydrogen-bond acceptors (Lipinski definition) is 2. The molecule has 74 valence electrons. The largest absolute Gasteiger partial charge is 0.364 e. The Balaban J connectivity index is 2.17. The number of aromatic nitrogens is 1. The molecule has 1 aromatic rings. The Morgan fingerprint density at radius 2 is 2.36 bits per heavy atom. The molecule has 0 aromatic carbocycles. The van der Waals surface area contributed by atoms with Gasteiger partial charge >= 0.3 is 0 Å². The molecule has 1 aromatic heterocycles. The minimum Gasteiger partial charge on any atom is -0.364 e. The number of carbonyl (C=O) groups is 1. The summed E-state index contributed by atoms with van der Waals surface area (Å²) in [5.74, 6) is 0.317. The van der Waals surface area contributed by atoms with E-state index in [2.05, 4.69) is 4.98 Å². The van der Waals surface area contributed by atoms with E-state index >= 15 is 0 Å². The molecular formula is C11H14N2O. The molecule has 0 spiro atoms. The standard InChI is InChI=1S/C11H14N2O/c12-11(14)10-9(5-2-6-13-10)7-8-3-1-4-8/h2,5-6,8H,1,3-4,7H2,(H2,12,14). The van der Waals surface area contributed by atoms with E-state index in [1.54, 1.807) is 6.20 Å². The van der Waals surface area contributed by atoms with Gasteiger partial charge in [0.15, 0.2) is 0 Å². The molecule has 1 aliphatic carbocycles. The van der Waals surface area contributed by atoms with Crippen LogP contribution in [0.1, 0.15) is 35.3 Å². The quantitative estimate of drug-likeness (QED) is 0.785. The summed E-state index contributed by atoms with van der Waals surface area (Å²) in [5.41, 5.74) is 6.70. The van der Waals surface area contributed by atoms with Gasteiger partial charge in [0.1, 0.15) is 5.69 Å². The van der Waals surface area contributed by atoms with Crippen LogP contribution >= 0.6 is 0 Å². The van der Waals surface area contributed by atoms with Crippen LogP contribution < -0.4 is 5.73 Å². The van der Waals surface area contributed by atoms with Crippen molar-refractivity contribution in [1.82, 2.24) is 4.98 Å². The molecule has 0 bridgehead atoms. The van der Waals surface area contributed by atoms with Crippen molar-refractivity contribution in [3.05, 3.63) is 29.6 Å². The van der Waals surface area contributed by atoms with Crippen molar-refractivity contribution in [3.8, 4) is 0 Å². The van der Waals surface area contributed by atoms with Crippen molar-refractivity contribution < 1.29 is 4.79 Å². The highest BCUT2D eigenvalue weighted by Crippen LogP contribution is 2.30. The lowest BCUT2D eigenvalue weighted by Gasteiger charge is -2.25. The zero-order valence-electron chi connectivity index (χ0n) is 8.07. The van der Waals surface area contributed by atoms with Crippen LogP contribution in [0.2, 0.25) is 0 Å². The summed E-state index contributed by atoms with van der Waals surface area (Å²) >= 11 is 0. The van der Waals surface area contributed by atoms with Crippen LogP contribution in [0.5, 0.6) is 0 Å². The molecule has 1 fully saturated rings. The third-order valence-electron chi connectivity index (χ3n) is 2.86. The molecule has 1 amide bonds. The molecule has 0 unspecified atom stereocenters. The number of rotatable bonds is 3. The topological polar surface area (TPSA) is 56.0 Å². The van der Waals surface area contributed by atoms with Crippen LogP contribution in [0.15, 0.2) is 18.3 Å². The number of nitrogens with zero attached hydrogens (tertiary/aromatic N) is 1. The number of amides is 1. The minimum absolute atomic E-state index is 0.417. The number of carbonyl (C=O) groups excluding carboxylic acids is 1. The Labute approximate surface area is 83.3 Å². The van der Waals surface area contributed by atoms with E-state index in [-0.39, 0.29) is 0 Å². The number of primary amides is 1. The van der Waals surface area contributed by atoms with Crippen molar-refractivity contribution in [3.63, 3.8) is 0 Å². The van der Waals surface area contributed by atoms with Crippen LogP contribution in [0.4, 0.5) is 0 Å². The van der Waals surface area contributed by atoms with E-state index in [1.165, 1.54) is 19.3 Å². The van der Waals surface area contributed by atoms with Gasteiger partial charge in [0.25, 0.3) is 5.91 Å². The molecule has 3 nitrogen and oxygen atoms in total. The van der Waals surface area contributed by atoms with Crippen molar-refractivity contribution in [2.75, 3.05) is 0 Å². The smallest absolute Gasteiger partial charge is 0.267 e. The van der Waals surface area contributed by atoms with Gasteiger partial charge in [0, 0.05) is 6.20 Å². The highest BCUT2D eigenvalue weighted by Gasteiger charge is 2.20. The molecule has 3 heteroatoms. The molecule has 0 aliphatic heterocycles. The second kappa shape index (κ2) is 3.78. The second-order valence-electron chi connectivity index (χ2n) is 3.88. The van der Waals surface area contributed by atoms with Crippen LogP contribution in [-0.2, 0) is 6.42 Å². The zero-order chi connectivity index (χ0) is 9.97. The Hall–Kier alpha value is -1.38. The fraction of sp³-hybridized carbons (Fsp3) is 0.455. The van der Waals surface area contributed by atoms with Crippen molar-refractivity contribution in [1.29, 1.82) is 0 Å². The highest BCUT2D eigenvalue weighted by molar-refractivity contribution is 5.92. The van der Waals surface area contributed by atoms with Gasteiger partial charge in [-0.15, -0.1) is 0 Å². The molecule has 1 saturated carbocycles. The summed E-state index contributed by atoms with van der Waals surface area (Å²) in [6.45, 7) is 0. The van der Waals surface area contributed by atoms with Crippen LogP contribution in [-0.4, -0.2) is 10.9 Å². The average molecular weight is 190 g/mol. The van der Waals surface area contributed by atoms with Gasteiger partial charge in [-0.2, -0.15) is 0 Å². The molecule has 0 atom stereocenters. The van der Waals surface area contributed by atoms with Crippen LogP contribution in [0.3, 0.4) is 0 Å². The number of hydrogen-bond donors (Lipinski definition) is 1. The van der Waals surface area contributed by atoms with E-state index in [4.69, 9.17) is 5.73 Å². The zero-order valence-corrected chi connectivity index (χ0v) is 8.07. The molecule has 1 heterocycles. The first kappa shape index (κ1) is 9.19. The summed E-state index contributed by atoms with van der Waals surface area (Å²) in [6.07, 6.45) is 6.42. The monoisotopic (exact) mass is 190 g/mol. The predicted molar refractivity (Wildman–Crippen MR) is 53.8 cm³/mol. The fourth-order valence-electron chi connectivity index (χ4n) is 1.83. The van der Waals surface area contributed by atoms with Gasteiger partial charge in [-0.25, -0.2) is 0 Å². The first-order valence-electron chi connectivity index (χ1n) is 5.01. The highest BCUT2D eigenvalue weighted by atomic mass is 16.1. The van der Waals surface area contributed by atoms with Gasteiger partial charge in [-0.1, -0.05) is 25.3 Å². The summed E-state index contributed by atoms with van der Waals surface area (Å²) in [6, 6.07) is 3.81. The molecule has 2 rings (SSSR count). The predicted octanol–water partition coefficient (Wildman–Crippen LogP) is 1.52. The maximum atomic E-state index is 11.1. The van der Waals surface area contributed by atoms with Gasteiger partial charge in [-0.3, -0.25) is 9.78 Å². The van der Waals surface area contributed by atoms with E-state index in [0.29, 0.717) is 5.69 Å². The maximum Gasteiger partial charge on any atom is 0.267 e. The van der Waals surface area contributed by atoms with Crippen molar-refractivity contribution in [2.45, 2.75) is 25.7 Å². The summed E-state index contributed by atoms with van der Waals surface area (Å²) < 4.78 is 0. The average Bonchev–Trinajstić information content (AvgIpc) is 2.12. The Bertz CT molecular complexity index is 345. The van der Waals surface area contributed by atoms with Crippen molar-refractivity contribution >= 4 is 5.91 Å². The van der Waals surface area contributed by atoms with Crippen LogP contribution in [0.25, 0.3) is 0 Å². The Kier molecular flexibility index (Phi) is 2.48. The molecular weight excluding hydrogens is 176 g/mol. The summed E-state index contributed by atoms with van der Waals surface area (Å²) in [7, 11) is 0. The van der Waals surface area contributed by atoms with Gasteiger partial charge in [0.2, 0.25) is 0 Å². The second-order valence-corrected chi connectivity index (χ2v) is 3.88. The van der Waals surface area contributed by atoms with E-state index in [1.807, 2.05) is 12.1 Å². The lowest BCUT2D eigenvalue weighted by Crippen LogP contribution is -2.20. The Morgan fingerprint density at radius 1 is 1.57 bits per heavy atom. The Morgan fingerprint density at radius 3 is 2.93 bits per heavy atom. The van der Waals surface area contributed by atoms with Gasteiger partial charge < -0.3 is 5.73 Å². The minimum atomic E-state index is -0.417. The number of nitrogens with two attached hydrogens (primary N) is 1. The molecule has 2 N–H and O–H groups in total. The first-order chi connectivity index (χ1) is 6.77. The van der Waals surface area contributed by atoms with E-state index < -0.39 is 5.91 Å². The molecule has 0 saturated heterocycles. The third kappa shape index (κ3) is 1.76. The summed E-state index contributed by atoms with van der Waals surface area (Å²) in [5, 5.41) is 0. The lowest BCUT2D eigenvalue weighted by atomic mass is 9.80. The first-order valence-corrected chi connectivity index (χ1v) is 5.01. The summed E-state index contributed by atoms with van der Waals surface area (Å²) in [4.78, 5) is 15.1. The molecule has 0 radical (unpaired) electrons. The van der Waals surface area contributed by atoms with Crippen molar-refractivity contribution in [2.24, 2.45) is 11.7 Å². The number of pyridine rings is 1. The molecule has 14 heavy (non-hydrogen) atoms. The van der Waals surface area contributed by atoms with E-state index in [0.717, 1.165) is 17.9 Å². The van der Waals surface area contributed by atoms with Crippen LogP contribution in [0, 0.1) is 5.92 Å². The lowest BCUT2D eigenvalue weighted by molar-refractivity contribution is 0.0994. The third-order valence-corrected chi connectivity index (χ3v) is 2.86. The van der Waals surface area contributed by atoms with Gasteiger partial charge in [0.05, 0.1) is 0 Å². The SMILES string of the molecule is NC(=O)c1ncccc1CC1CCC1. The fourth-order valence-corrected chi connectivity index (χ4v) is 1.83.